The van der Waals surface area contributed by atoms with Crippen molar-refractivity contribution >= 4 is 46.0 Å². The molecule has 0 amide bonds. The van der Waals surface area contributed by atoms with Crippen molar-refractivity contribution in [1.29, 1.82) is 10.5 Å². The standard InChI is InChI=1S/C22H23N7S2/c23-15-17-1-5-19(6-2-17)26-21(30)25-9-10-28-11-13-29(14-12-28)22(31)27-20-7-3-18(16-24)4-8-20/h1-8H,9-14H2,(H,27,31)(H2,25,26,30). The summed E-state index contributed by atoms with van der Waals surface area (Å²) in [6.07, 6.45) is 0. The summed E-state index contributed by atoms with van der Waals surface area (Å²) in [6, 6.07) is 18.7. The fourth-order valence-corrected chi connectivity index (χ4v) is 3.66. The van der Waals surface area contributed by atoms with E-state index in [4.69, 9.17) is 35.0 Å². The van der Waals surface area contributed by atoms with E-state index in [9.17, 15) is 0 Å². The average molecular weight is 450 g/mol. The topological polar surface area (TPSA) is 90.2 Å². The van der Waals surface area contributed by atoms with Crippen molar-refractivity contribution in [2.24, 2.45) is 0 Å². The van der Waals surface area contributed by atoms with E-state index < -0.39 is 0 Å². The number of piperazine rings is 1. The quantitative estimate of drug-likeness (QED) is 0.596. The molecule has 0 atom stereocenters. The molecule has 0 bridgehead atoms. The molecule has 9 heteroatoms. The van der Waals surface area contributed by atoms with Gasteiger partial charge in [0, 0.05) is 50.6 Å². The lowest BCUT2D eigenvalue weighted by molar-refractivity contribution is 0.186. The Morgan fingerprint density at radius 3 is 1.84 bits per heavy atom. The monoisotopic (exact) mass is 449 g/mol. The SMILES string of the molecule is N#Cc1ccc(NC(=S)NCCN2CCN(C(=S)Nc3ccc(C#N)cc3)CC2)cc1. The highest BCUT2D eigenvalue weighted by molar-refractivity contribution is 7.80. The minimum Gasteiger partial charge on any atom is -0.361 e. The molecule has 158 valence electrons. The molecule has 1 aliphatic heterocycles. The zero-order valence-corrected chi connectivity index (χ0v) is 18.6. The zero-order chi connectivity index (χ0) is 22.1. The molecule has 1 aliphatic rings. The Labute approximate surface area is 193 Å². The van der Waals surface area contributed by atoms with Gasteiger partial charge < -0.3 is 20.9 Å². The Morgan fingerprint density at radius 2 is 1.32 bits per heavy atom. The fourth-order valence-electron chi connectivity index (χ4n) is 3.14. The third-order valence-electron chi connectivity index (χ3n) is 4.91. The van der Waals surface area contributed by atoms with Gasteiger partial charge in [-0.2, -0.15) is 10.5 Å². The molecule has 31 heavy (non-hydrogen) atoms. The van der Waals surface area contributed by atoms with Crippen LogP contribution in [0.15, 0.2) is 48.5 Å². The maximum absolute atomic E-state index is 8.88. The number of hydrogen-bond acceptors (Lipinski definition) is 5. The summed E-state index contributed by atoms with van der Waals surface area (Å²) >= 11 is 10.9. The van der Waals surface area contributed by atoms with Crippen molar-refractivity contribution in [3.05, 3.63) is 59.7 Å². The number of thiocarbonyl (C=S) groups is 2. The second-order valence-electron chi connectivity index (χ2n) is 7.02. The first-order chi connectivity index (χ1) is 15.1. The van der Waals surface area contributed by atoms with E-state index in [-0.39, 0.29) is 0 Å². The lowest BCUT2D eigenvalue weighted by Crippen LogP contribution is -2.51. The van der Waals surface area contributed by atoms with E-state index in [1.807, 2.05) is 24.3 Å². The molecule has 2 aromatic rings. The molecule has 0 saturated carbocycles. The molecule has 0 spiro atoms. The van der Waals surface area contributed by atoms with Gasteiger partial charge in [-0.1, -0.05) is 0 Å². The molecule has 7 nitrogen and oxygen atoms in total. The van der Waals surface area contributed by atoms with Gasteiger partial charge in [-0.3, -0.25) is 4.90 Å². The Morgan fingerprint density at radius 1 is 0.806 bits per heavy atom. The van der Waals surface area contributed by atoms with Crippen molar-refractivity contribution in [2.45, 2.75) is 0 Å². The number of nitriles is 2. The second-order valence-corrected chi connectivity index (χ2v) is 7.81. The van der Waals surface area contributed by atoms with Crippen LogP contribution in [0.25, 0.3) is 0 Å². The molecule has 1 saturated heterocycles. The highest BCUT2D eigenvalue weighted by Crippen LogP contribution is 2.11. The Bertz CT molecular complexity index is 980. The number of nitrogens with one attached hydrogen (secondary N) is 3. The largest absolute Gasteiger partial charge is 0.361 e. The molecule has 3 N–H and O–H groups in total. The van der Waals surface area contributed by atoms with Crippen molar-refractivity contribution < 1.29 is 0 Å². The summed E-state index contributed by atoms with van der Waals surface area (Å²) < 4.78 is 0. The maximum atomic E-state index is 8.88. The van der Waals surface area contributed by atoms with E-state index in [1.165, 1.54) is 0 Å². The zero-order valence-electron chi connectivity index (χ0n) is 17.0. The third-order valence-corrected chi connectivity index (χ3v) is 5.52. The molecule has 0 radical (unpaired) electrons. The summed E-state index contributed by atoms with van der Waals surface area (Å²) in [7, 11) is 0. The normalized spacial score (nSPS) is 13.5. The van der Waals surface area contributed by atoms with Gasteiger partial charge in [-0.15, -0.1) is 0 Å². The number of benzene rings is 2. The van der Waals surface area contributed by atoms with Gasteiger partial charge in [0.2, 0.25) is 0 Å². The number of anilines is 2. The molecule has 0 aromatic heterocycles. The van der Waals surface area contributed by atoms with Gasteiger partial charge in [0.15, 0.2) is 10.2 Å². The van der Waals surface area contributed by atoms with Crippen LogP contribution in [0.3, 0.4) is 0 Å². The lowest BCUT2D eigenvalue weighted by Gasteiger charge is -2.36. The van der Waals surface area contributed by atoms with Crippen LogP contribution in [0, 0.1) is 22.7 Å². The average Bonchev–Trinajstić information content (AvgIpc) is 2.80. The van der Waals surface area contributed by atoms with E-state index in [0.29, 0.717) is 21.4 Å². The predicted octanol–water partition coefficient (Wildman–Crippen LogP) is 2.73. The van der Waals surface area contributed by atoms with E-state index in [1.54, 1.807) is 24.3 Å². The van der Waals surface area contributed by atoms with Gasteiger partial charge in [0.25, 0.3) is 0 Å². The maximum Gasteiger partial charge on any atom is 0.173 e. The van der Waals surface area contributed by atoms with Crippen LogP contribution in [0.1, 0.15) is 11.1 Å². The second kappa shape index (κ2) is 11.2. The number of nitrogens with zero attached hydrogens (tertiary/aromatic N) is 4. The van der Waals surface area contributed by atoms with Crippen LogP contribution >= 0.6 is 24.4 Å². The van der Waals surface area contributed by atoms with Gasteiger partial charge >= 0.3 is 0 Å². The van der Waals surface area contributed by atoms with Gasteiger partial charge in [-0.05, 0) is 73.0 Å². The van der Waals surface area contributed by atoms with E-state index in [0.717, 1.165) is 50.6 Å². The van der Waals surface area contributed by atoms with Crippen LogP contribution in [-0.4, -0.2) is 59.3 Å². The predicted molar refractivity (Wildman–Crippen MR) is 131 cm³/mol. The van der Waals surface area contributed by atoms with Crippen LogP contribution in [0.4, 0.5) is 11.4 Å². The first-order valence-electron chi connectivity index (χ1n) is 9.91. The van der Waals surface area contributed by atoms with Gasteiger partial charge in [0.1, 0.15) is 0 Å². The summed E-state index contributed by atoms with van der Waals surface area (Å²) in [6.45, 7) is 5.19. The lowest BCUT2D eigenvalue weighted by atomic mass is 10.2. The summed E-state index contributed by atoms with van der Waals surface area (Å²) in [5.41, 5.74) is 2.99. The highest BCUT2D eigenvalue weighted by atomic mass is 32.1. The molecule has 1 heterocycles. The van der Waals surface area contributed by atoms with Gasteiger partial charge in [0.05, 0.1) is 23.3 Å². The summed E-state index contributed by atoms with van der Waals surface area (Å²) in [5, 5.41) is 28.6. The highest BCUT2D eigenvalue weighted by Gasteiger charge is 2.18. The number of rotatable bonds is 5. The van der Waals surface area contributed by atoms with E-state index in [2.05, 4.69) is 37.9 Å². The smallest absolute Gasteiger partial charge is 0.173 e. The van der Waals surface area contributed by atoms with Crippen molar-refractivity contribution in [3.8, 4) is 12.1 Å². The molecule has 0 unspecified atom stereocenters. The first-order valence-corrected chi connectivity index (χ1v) is 10.7. The molecular formula is C22H23N7S2. The van der Waals surface area contributed by atoms with Crippen LogP contribution in [0.5, 0.6) is 0 Å². The fraction of sp³-hybridized carbons (Fsp3) is 0.273. The van der Waals surface area contributed by atoms with E-state index >= 15 is 0 Å². The first kappa shape index (κ1) is 22.4. The molecule has 3 rings (SSSR count). The summed E-state index contributed by atoms with van der Waals surface area (Å²) in [4.78, 5) is 4.53. The minimum atomic E-state index is 0.566. The number of hydrogen-bond donors (Lipinski definition) is 3. The van der Waals surface area contributed by atoms with Crippen LogP contribution in [-0.2, 0) is 0 Å². The van der Waals surface area contributed by atoms with Crippen molar-refractivity contribution in [2.75, 3.05) is 49.9 Å². The summed E-state index contributed by atoms with van der Waals surface area (Å²) in [5.74, 6) is 0. The Hall–Kier alpha value is -3.24. The molecular weight excluding hydrogens is 426 g/mol. The van der Waals surface area contributed by atoms with Gasteiger partial charge in [-0.25, -0.2) is 0 Å². The minimum absolute atomic E-state index is 0.566. The third kappa shape index (κ3) is 6.90. The Kier molecular flexibility index (Phi) is 8.13. The Balaban J connectivity index is 1.34. The van der Waals surface area contributed by atoms with Crippen molar-refractivity contribution in [3.63, 3.8) is 0 Å². The van der Waals surface area contributed by atoms with Crippen LogP contribution in [0.2, 0.25) is 0 Å². The molecule has 1 fully saturated rings. The van der Waals surface area contributed by atoms with Crippen molar-refractivity contribution in [1.82, 2.24) is 15.1 Å². The molecule has 0 aliphatic carbocycles. The molecule has 2 aromatic carbocycles. The van der Waals surface area contributed by atoms with Crippen LogP contribution < -0.4 is 16.0 Å².